The Labute approximate surface area is 109 Å². The van der Waals surface area contributed by atoms with Gasteiger partial charge < -0.3 is 10.2 Å². The summed E-state index contributed by atoms with van der Waals surface area (Å²) in [5, 5.41) is 3.39. The Kier molecular flexibility index (Phi) is 5.65. The van der Waals surface area contributed by atoms with Crippen molar-refractivity contribution in [3.05, 3.63) is 0 Å². The number of nitrogens with one attached hydrogen (secondary N) is 1. The van der Waals surface area contributed by atoms with E-state index < -0.39 is 0 Å². The van der Waals surface area contributed by atoms with Crippen molar-refractivity contribution < 1.29 is 4.79 Å². The first-order chi connectivity index (χ1) is 8.36. The molecular formula is C13H24N2OS. The molecule has 0 aromatic rings. The number of carbonyl (C=O) groups excluding carboxylic acids is 1. The number of thioether (sulfide) groups is 1. The van der Waals surface area contributed by atoms with Crippen LogP contribution in [0.5, 0.6) is 0 Å². The molecule has 0 aromatic carbocycles. The van der Waals surface area contributed by atoms with Gasteiger partial charge in [-0.05, 0) is 56.9 Å². The fourth-order valence-electron chi connectivity index (χ4n) is 2.64. The van der Waals surface area contributed by atoms with Gasteiger partial charge in [0.15, 0.2) is 0 Å². The SMILES string of the molecule is O=C(CSCCC1CCNCC1)N1CCCC1. The number of hydrogen-bond acceptors (Lipinski definition) is 3. The van der Waals surface area contributed by atoms with Crippen LogP contribution in [0, 0.1) is 5.92 Å². The van der Waals surface area contributed by atoms with Gasteiger partial charge in [-0.3, -0.25) is 4.79 Å². The normalized spacial score (nSPS) is 22.0. The summed E-state index contributed by atoms with van der Waals surface area (Å²) in [4.78, 5) is 13.8. The van der Waals surface area contributed by atoms with Gasteiger partial charge in [0, 0.05) is 13.1 Å². The number of piperidine rings is 1. The Morgan fingerprint density at radius 2 is 1.94 bits per heavy atom. The minimum atomic E-state index is 0.359. The number of rotatable bonds is 5. The van der Waals surface area contributed by atoms with E-state index in [-0.39, 0.29) is 0 Å². The van der Waals surface area contributed by atoms with Gasteiger partial charge in [0.25, 0.3) is 0 Å². The maximum atomic E-state index is 11.8. The second-order valence-electron chi connectivity index (χ2n) is 5.12. The van der Waals surface area contributed by atoms with Crippen LogP contribution in [0.4, 0.5) is 0 Å². The van der Waals surface area contributed by atoms with Crippen LogP contribution in [-0.2, 0) is 4.79 Å². The van der Waals surface area contributed by atoms with Crippen molar-refractivity contribution in [2.75, 3.05) is 37.7 Å². The molecule has 4 heteroatoms. The maximum absolute atomic E-state index is 11.8. The highest BCUT2D eigenvalue weighted by Gasteiger charge is 2.18. The molecule has 1 N–H and O–H groups in total. The highest BCUT2D eigenvalue weighted by Crippen LogP contribution is 2.19. The average molecular weight is 256 g/mol. The predicted octanol–water partition coefficient (Wildman–Crippen LogP) is 1.73. The van der Waals surface area contributed by atoms with Gasteiger partial charge in [-0.1, -0.05) is 0 Å². The highest BCUT2D eigenvalue weighted by molar-refractivity contribution is 7.99. The first kappa shape index (κ1) is 13.2. The summed E-state index contributed by atoms with van der Waals surface area (Å²) in [6.45, 7) is 4.35. The third kappa shape index (κ3) is 4.51. The van der Waals surface area contributed by atoms with Crippen molar-refractivity contribution in [1.82, 2.24) is 10.2 Å². The van der Waals surface area contributed by atoms with Gasteiger partial charge in [0.05, 0.1) is 5.75 Å². The van der Waals surface area contributed by atoms with Crippen molar-refractivity contribution >= 4 is 17.7 Å². The van der Waals surface area contributed by atoms with Crippen molar-refractivity contribution in [2.24, 2.45) is 5.92 Å². The van der Waals surface area contributed by atoms with Crippen molar-refractivity contribution in [3.63, 3.8) is 0 Å². The van der Waals surface area contributed by atoms with Crippen LogP contribution in [0.15, 0.2) is 0 Å². The van der Waals surface area contributed by atoms with Crippen LogP contribution in [0.2, 0.25) is 0 Å². The first-order valence-electron chi connectivity index (χ1n) is 6.92. The van der Waals surface area contributed by atoms with Crippen molar-refractivity contribution in [1.29, 1.82) is 0 Å². The molecule has 0 radical (unpaired) electrons. The Bertz CT molecular complexity index is 236. The van der Waals surface area contributed by atoms with Crippen LogP contribution < -0.4 is 5.32 Å². The van der Waals surface area contributed by atoms with Gasteiger partial charge in [-0.2, -0.15) is 11.8 Å². The van der Waals surface area contributed by atoms with Crippen LogP contribution >= 0.6 is 11.8 Å². The van der Waals surface area contributed by atoms with E-state index in [2.05, 4.69) is 5.32 Å². The summed E-state index contributed by atoms with van der Waals surface area (Å²) in [7, 11) is 0. The van der Waals surface area contributed by atoms with Crippen molar-refractivity contribution in [2.45, 2.75) is 32.1 Å². The molecular weight excluding hydrogens is 232 g/mol. The van der Waals surface area contributed by atoms with Crippen molar-refractivity contribution in [3.8, 4) is 0 Å². The van der Waals surface area contributed by atoms with Gasteiger partial charge in [-0.15, -0.1) is 0 Å². The lowest BCUT2D eigenvalue weighted by Gasteiger charge is -2.22. The number of nitrogens with zero attached hydrogens (tertiary/aromatic N) is 1. The molecule has 2 saturated heterocycles. The number of amides is 1. The fourth-order valence-corrected chi connectivity index (χ4v) is 3.64. The molecule has 0 bridgehead atoms. The zero-order chi connectivity index (χ0) is 11.9. The van der Waals surface area contributed by atoms with Gasteiger partial charge in [-0.25, -0.2) is 0 Å². The van der Waals surface area contributed by atoms with E-state index in [1.807, 2.05) is 16.7 Å². The summed E-state index contributed by atoms with van der Waals surface area (Å²) in [5.74, 6) is 3.11. The average Bonchev–Trinajstić information content (AvgIpc) is 2.89. The molecule has 1 amide bonds. The second-order valence-corrected chi connectivity index (χ2v) is 6.23. The van der Waals surface area contributed by atoms with E-state index in [1.54, 1.807) is 0 Å². The third-order valence-electron chi connectivity index (χ3n) is 3.81. The lowest BCUT2D eigenvalue weighted by atomic mass is 9.96. The van der Waals surface area contributed by atoms with Crippen LogP contribution in [-0.4, -0.2) is 48.5 Å². The molecule has 0 spiro atoms. The third-order valence-corrected chi connectivity index (χ3v) is 4.79. The molecule has 2 heterocycles. The zero-order valence-electron chi connectivity index (χ0n) is 10.6. The lowest BCUT2D eigenvalue weighted by Crippen LogP contribution is -2.29. The summed E-state index contributed by atoms with van der Waals surface area (Å²) >= 11 is 1.83. The van der Waals surface area contributed by atoms with Crippen LogP contribution in [0.3, 0.4) is 0 Å². The van der Waals surface area contributed by atoms with Gasteiger partial charge in [0.1, 0.15) is 0 Å². The Morgan fingerprint density at radius 3 is 2.65 bits per heavy atom. The molecule has 0 unspecified atom stereocenters. The Morgan fingerprint density at radius 1 is 1.24 bits per heavy atom. The number of carbonyl (C=O) groups is 1. The maximum Gasteiger partial charge on any atom is 0.232 e. The number of likely N-dealkylation sites (tertiary alicyclic amines) is 1. The van der Waals surface area contributed by atoms with E-state index >= 15 is 0 Å². The second kappa shape index (κ2) is 7.27. The highest BCUT2D eigenvalue weighted by atomic mass is 32.2. The molecule has 17 heavy (non-hydrogen) atoms. The smallest absolute Gasteiger partial charge is 0.232 e. The summed E-state index contributed by atoms with van der Waals surface area (Å²) < 4.78 is 0. The Hall–Kier alpha value is -0.220. The molecule has 3 nitrogen and oxygen atoms in total. The minimum absolute atomic E-state index is 0.359. The largest absolute Gasteiger partial charge is 0.342 e. The molecule has 0 aromatic heterocycles. The first-order valence-corrected chi connectivity index (χ1v) is 8.08. The lowest BCUT2D eigenvalue weighted by molar-refractivity contribution is -0.127. The van der Waals surface area contributed by atoms with E-state index in [9.17, 15) is 4.79 Å². The molecule has 2 fully saturated rings. The van der Waals surface area contributed by atoms with Gasteiger partial charge >= 0.3 is 0 Å². The zero-order valence-corrected chi connectivity index (χ0v) is 11.4. The predicted molar refractivity (Wildman–Crippen MR) is 73.3 cm³/mol. The van der Waals surface area contributed by atoms with E-state index in [0.717, 1.165) is 24.8 Å². The van der Waals surface area contributed by atoms with Crippen LogP contribution in [0.1, 0.15) is 32.1 Å². The molecule has 0 atom stereocenters. The molecule has 98 valence electrons. The Balaban J connectivity index is 1.51. The molecule has 2 aliphatic rings. The number of hydrogen-bond donors (Lipinski definition) is 1. The standard InChI is InChI=1S/C13H24N2OS/c16-13(15-8-1-2-9-15)11-17-10-5-12-3-6-14-7-4-12/h12,14H,1-11H2. The van der Waals surface area contributed by atoms with Crippen LogP contribution in [0.25, 0.3) is 0 Å². The minimum Gasteiger partial charge on any atom is -0.342 e. The monoisotopic (exact) mass is 256 g/mol. The molecule has 0 saturated carbocycles. The van der Waals surface area contributed by atoms with Gasteiger partial charge in [0.2, 0.25) is 5.91 Å². The van der Waals surface area contributed by atoms with E-state index in [1.165, 1.54) is 45.2 Å². The summed E-state index contributed by atoms with van der Waals surface area (Å²) in [6, 6.07) is 0. The topological polar surface area (TPSA) is 32.3 Å². The summed E-state index contributed by atoms with van der Waals surface area (Å²) in [5.41, 5.74) is 0. The van der Waals surface area contributed by atoms with E-state index in [4.69, 9.17) is 0 Å². The molecule has 2 aliphatic heterocycles. The fraction of sp³-hybridized carbons (Fsp3) is 0.923. The quantitative estimate of drug-likeness (QED) is 0.760. The van der Waals surface area contributed by atoms with E-state index in [0.29, 0.717) is 11.7 Å². The summed E-state index contributed by atoms with van der Waals surface area (Å²) in [6.07, 6.45) is 6.33. The molecule has 0 aliphatic carbocycles. The molecule has 2 rings (SSSR count).